The molecule has 0 radical (unpaired) electrons. The molecule has 0 unspecified atom stereocenters. The molecule has 0 aliphatic heterocycles. The minimum Gasteiger partial charge on any atom is -0.488 e. The number of aromatic nitrogens is 3. The molecule has 0 amide bonds. The lowest BCUT2D eigenvalue weighted by Crippen LogP contribution is -2.44. The molecule has 2 aromatic carbocycles. The van der Waals surface area contributed by atoms with Crippen molar-refractivity contribution in [2.75, 3.05) is 12.4 Å². The van der Waals surface area contributed by atoms with Gasteiger partial charge in [-0.2, -0.15) is 4.98 Å². The van der Waals surface area contributed by atoms with E-state index in [1.165, 1.54) is 19.2 Å². The van der Waals surface area contributed by atoms with Crippen molar-refractivity contribution in [1.82, 2.24) is 14.1 Å². The molecule has 0 saturated carbocycles. The first-order valence-corrected chi connectivity index (χ1v) is 11.7. The molecule has 37 heavy (non-hydrogen) atoms. The third-order valence-electron chi connectivity index (χ3n) is 5.12. The Bertz CT molecular complexity index is 1400. The lowest BCUT2D eigenvalue weighted by Gasteiger charge is -2.16. The minimum atomic E-state index is -0.980. The van der Waals surface area contributed by atoms with Crippen LogP contribution in [0.25, 0.3) is 0 Å². The summed E-state index contributed by atoms with van der Waals surface area (Å²) in [6, 6.07) is 10.7. The number of hydrogen-bond acceptors (Lipinski definition) is 8. The van der Waals surface area contributed by atoms with Crippen molar-refractivity contribution in [3.05, 3.63) is 79.8 Å². The van der Waals surface area contributed by atoms with E-state index in [-0.39, 0.29) is 42.9 Å². The van der Waals surface area contributed by atoms with Gasteiger partial charge in [-0.05, 0) is 43.7 Å². The number of carbonyl (C=O) groups excluding carboxylic acids is 2. The third kappa shape index (κ3) is 7.50. The monoisotopic (exact) mass is 532 g/mol. The molecule has 3 rings (SSSR count). The number of hydrogen-bond donors (Lipinski definition) is 1. The first kappa shape index (κ1) is 27.6. The zero-order chi connectivity index (χ0) is 27.1. The SMILES string of the molecule is COC(=O)CCC(=O)Cn1c(=O)nc(Nc2ccc(OC(C)C)c(F)c2)n(Cc2ccc(Cl)cc2)c1=O. The molecule has 10 nitrogen and oxygen atoms in total. The maximum Gasteiger partial charge on any atom is 0.355 e. The van der Waals surface area contributed by atoms with Crippen molar-refractivity contribution in [1.29, 1.82) is 0 Å². The molecule has 0 bridgehead atoms. The highest BCUT2D eigenvalue weighted by molar-refractivity contribution is 6.30. The van der Waals surface area contributed by atoms with Crippen LogP contribution in [0.5, 0.6) is 5.75 Å². The minimum absolute atomic E-state index is 0.0288. The number of esters is 1. The molecular weight excluding hydrogens is 507 g/mol. The number of benzene rings is 2. The summed E-state index contributed by atoms with van der Waals surface area (Å²) in [5.41, 5.74) is -0.919. The predicted octanol–water partition coefficient (Wildman–Crippen LogP) is 3.30. The zero-order valence-corrected chi connectivity index (χ0v) is 21.3. The highest BCUT2D eigenvalue weighted by Crippen LogP contribution is 2.24. The summed E-state index contributed by atoms with van der Waals surface area (Å²) in [6.07, 6.45) is -0.625. The van der Waals surface area contributed by atoms with Crippen LogP contribution in [-0.2, 0) is 27.4 Å². The number of halogens is 2. The number of rotatable bonds is 11. The summed E-state index contributed by atoms with van der Waals surface area (Å²) in [5.74, 6) is -1.86. The van der Waals surface area contributed by atoms with E-state index in [1.54, 1.807) is 38.1 Å². The van der Waals surface area contributed by atoms with E-state index >= 15 is 0 Å². The van der Waals surface area contributed by atoms with Gasteiger partial charge in [-0.25, -0.2) is 18.5 Å². The Hall–Kier alpha value is -3.99. The van der Waals surface area contributed by atoms with Gasteiger partial charge < -0.3 is 14.8 Å². The van der Waals surface area contributed by atoms with Gasteiger partial charge in [0.1, 0.15) is 0 Å². The van der Waals surface area contributed by atoms with E-state index < -0.39 is 35.5 Å². The number of carbonyl (C=O) groups is 2. The van der Waals surface area contributed by atoms with Gasteiger partial charge in [0, 0.05) is 23.2 Å². The molecule has 3 aromatic rings. The van der Waals surface area contributed by atoms with Crippen LogP contribution in [0.1, 0.15) is 32.3 Å². The second-order valence-corrected chi connectivity index (χ2v) is 8.79. The third-order valence-corrected chi connectivity index (χ3v) is 5.38. The Morgan fingerprint density at radius 3 is 2.41 bits per heavy atom. The molecule has 1 aromatic heterocycles. The van der Waals surface area contributed by atoms with E-state index in [4.69, 9.17) is 16.3 Å². The van der Waals surface area contributed by atoms with Gasteiger partial charge in [0.05, 0.1) is 32.7 Å². The van der Waals surface area contributed by atoms with Crippen LogP contribution in [-0.4, -0.2) is 39.1 Å². The Morgan fingerprint density at radius 2 is 1.78 bits per heavy atom. The molecule has 0 saturated heterocycles. The molecule has 196 valence electrons. The molecule has 0 spiro atoms. The van der Waals surface area contributed by atoms with Crippen LogP contribution < -0.4 is 21.4 Å². The lowest BCUT2D eigenvalue weighted by molar-refractivity contribution is -0.142. The van der Waals surface area contributed by atoms with Crippen LogP contribution in [0, 0.1) is 5.82 Å². The fourth-order valence-electron chi connectivity index (χ4n) is 3.33. The van der Waals surface area contributed by atoms with Crippen molar-refractivity contribution in [2.45, 2.75) is 45.9 Å². The molecule has 12 heteroatoms. The van der Waals surface area contributed by atoms with Gasteiger partial charge in [0.15, 0.2) is 17.3 Å². The second-order valence-electron chi connectivity index (χ2n) is 8.35. The zero-order valence-electron chi connectivity index (χ0n) is 20.5. The number of nitrogens with zero attached hydrogens (tertiary/aromatic N) is 3. The van der Waals surface area contributed by atoms with Crippen LogP contribution >= 0.6 is 11.6 Å². The van der Waals surface area contributed by atoms with E-state index in [9.17, 15) is 23.6 Å². The van der Waals surface area contributed by atoms with Gasteiger partial charge in [-0.15, -0.1) is 0 Å². The summed E-state index contributed by atoms with van der Waals surface area (Å²) in [4.78, 5) is 53.7. The first-order chi connectivity index (χ1) is 17.6. The topological polar surface area (TPSA) is 122 Å². The van der Waals surface area contributed by atoms with E-state index in [0.29, 0.717) is 15.2 Å². The van der Waals surface area contributed by atoms with Crippen LogP contribution in [0.15, 0.2) is 52.1 Å². The Morgan fingerprint density at radius 1 is 1.08 bits per heavy atom. The number of ketones is 1. The number of anilines is 2. The van der Waals surface area contributed by atoms with Crippen LogP contribution in [0.3, 0.4) is 0 Å². The van der Waals surface area contributed by atoms with Gasteiger partial charge >= 0.3 is 17.3 Å². The number of ether oxygens (including phenoxy) is 2. The highest BCUT2D eigenvalue weighted by Gasteiger charge is 2.18. The van der Waals surface area contributed by atoms with Crippen molar-refractivity contribution in [3.63, 3.8) is 0 Å². The largest absolute Gasteiger partial charge is 0.488 e. The summed E-state index contributed by atoms with van der Waals surface area (Å²) in [7, 11) is 1.19. The standard InChI is InChI=1S/C25H26ClFN4O6/c1-15(2)37-21-10-8-18(12-20(21)27)28-23-29-24(34)31(14-19(32)9-11-22(33)36-3)25(35)30(23)13-16-4-6-17(26)7-5-16/h4-8,10,12,15H,9,11,13-14H2,1-3H3,(H,28,29,34). The summed E-state index contributed by atoms with van der Waals surface area (Å²) in [5, 5.41) is 3.30. The van der Waals surface area contributed by atoms with E-state index in [0.717, 1.165) is 10.6 Å². The Balaban J connectivity index is 1.98. The highest BCUT2D eigenvalue weighted by atomic mass is 35.5. The van der Waals surface area contributed by atoms with Gasteiger partial charge in [-0.1, -0.05) is 23.7 Å². The maximum absolute atomic E-state index is 14.5. The summed E-state index contributed by atoms with van der Waals surface area (Å²) < 4.78 is 26.3. The summed E-state index contributed by atoms with van der Waals surface area (Å²) >= 11 is 5.95. The Labute approximate surface area is 216 Å². The van der Waals surface area contributed by atoms with Gasteiger partial charge in [0.2, 0.25) is 5.95 Å². The van der Waals surface area contributed by atoms with Crippen LogP contribution in [0.4, 0.5) is 16.0 Å². The first-order valence-electron chi connectivity index (χ1n) is 11.3. The quantitative estimate of drug-likeness (QED) is 0.373. The van der Waals surface area contributed by atoms with Crippen molar-refractivity contribution >= 4 is 35.0 Å². The molecule has 1 N–H and O–H groups in total. The number of Topliss-reactive ketones (excluding diaryl/α,β-unsaturated/α-hetero) is 1. The molecule has 0 fully saturated rings. The van der Waals surface area contributed by atoms with Crippen LogP contribution in [0.2, 0.25) is 5.02 Å². The Kier molecular flexibility index (Phi) is 9.18. The van der Waals surface area contributed by atoms with Gasteiger partial charge in [0.25, 0.3) is 0 Å². The summed E-state index contributed by atoms with van der Waals surface area (Å²) in [6.45, 7) is 2.93. The molecule has 1 heterocycles. The fraction of sp³-hybridized carbons (Fsp3) is 0.320. The van der Waals surface area contributed by atoms with E-state index in [1.807, 2.05) is 0 Å². The van der Waals surface area contributed by atoms with Gasteiger partial charge in [-0.3, -0.25) is 14.2 Å². The molecule has 0 atom stereocenters. The van der Waals surface area contributed by atoms with Crippen molar-refractivity contribution in [3.8, 4) is 5.75 Å². The second kappa shape index (κ2) is 12.3. The molecule has 0 aliphatic rings. The normalized spacial score (nSPS) is 10.9. The average molecular weight is 533 g/mol. The van der Waals surface area contributed by atoms with E-state index in [2.05, 4.69) is 15.0 Å². The molecule has 0 aliphatic carbocycles. The molecular formula is C25H26ClFN4O6. The maximum atomic E-state index is 14.5. The smallest absolute Gasteiger partial charge is 0.355 e. The lowest BCUT2D eigenvalue weighted by atomic mass is 10.2. The predicted molar refractivity (Wildman–Crippen MR) is 135 cm³/mol. The van der Waals surface area contributed by atoms with Crippen molar-refractivity contribution in [2.24, 2.45) is 0 Å². The average Bonchev–Trinajstić information content (AvgIpc) is 2.85. The van der Waals surface area contributed by atoms with Crippen molar-refractivity contribution < 1.29 is 23.5 Å². The number of nitrogens with one attached hydrogen (secondary N) is 1. The number of methoxy groups -OCH3 is 1. The fourth-order valence-corrected chi connectivity index (χ4v) is 3.46.